The van der Waals surface area contributed by atoms with E-state index in [2.05, 4.69) is 17.1 Å². The van der Waals surface area contributed by atoms with Crippen molar-refractivity contribution in [2.45, 2.75) is 32.2 Å². The molecule has 1 fully saturated rings. The summed E-state index contributed by atoms with van der Waals surface area (Å²) < 4.78 is 53.5. The van der Waals surface area contributed by atoms with Crippen LogP contribution in [-0.2, 0) is 0 Å². The van der Waals surface area contributed by atoms with E-state index < -0.39 is 29.0 Å². The predicted octanol–water partition coefficient (Wildman–Crippen LogP) is 3.53. The molecule has 0 aromatic heterocycles. The average Bonchev–Trinajstić information content (AvgIpc) is 2.66. The molecule has 0 spiro atoms. The van der Waals surface area contributed by atoms with Crippen LogP contribution in [0.25, 0.3) is 0 Å². The summed E-state index contributed by atoms with van der Waals surface area (Å²) in [5, 5.41) is 2.63. The molecule has 1 aliphatic heterocycles. The van der Waals surface area contributed by atoms with Crippen molar-refractivity contribution in [3.8, 4) is 0 Å². The van der Waals surface area contributed by atoms with Crippen LogP contribution in [0.4, 0.5) is 23.2 Å². The van der Waals surface area contributed by atoms with Gasteiger partial charge in [-0.05, 0) is 32.4 Å². The number of benzene rings is 1. The highest BCUT2D eigenvalue weighted by molar-refractivity contribution is 5.48. The Morgan fingerprint density at radius 2 is 1.75 bits per heavy atom. The van der Waals surface area contributed by atoms with Gasteiger partial charge in [0.2, 0.25) is 0 Å². The molecular weight excluding hydrogens is 272 g/mol. The SMILES string of the molecule is CCN1CCCC(Nc2c(F)c(F)cc(F)c2F)CC1. The largest absolute Gasteiger partial charge is 0.377 e. The average molecular weight is 290 g/mol. The van der Waals surface area contributed by atoms with E-state index in [9.17, 15) is 17.6 Å². The molecule has 112 valence electrons. The number of hydrogen-bond donors (Lipinski definition) is 1. The van der Waals surface area contributed by atoms with E-state index in [1.54, 1.807) is 0 Å². The summed E-state index contributed by atoms with van der Waals surface area (Å²) in [4.78, 5) is 2.24. The molecule has 1 N–H and O–H groups in total. The van der Waals surface area contributed by atoms with Crippen LogP contribution in [0, 0.1) is 23.3 Å². The zero-order valence-electron chi connectivity index (χ0n) is 11.4. The van der Waals surface area contributed by atoms with Crippen LogP contribution in [0.15, 0.2) is 6.07 Å². The Morgan fingerprint density at radius 3 is 2.35 bits per heavy atom. The zero-order valence-corrected chi connectivity index (χ0v) is 11.4. The van der Waals surface area contributed by atoms with Gasteiger partial charge in [-0.2, -0.15) is 0 Å². The molecule has 0 amide bonds. The quantitative estimate of drug-likeness (QED) is 0.677. The summed E-state index contributed by atoms with van der Waals surface area (Å²) in [6, 6.07) is 0.0404. The molecule has 1 unspecified atom stereocenters. The first-order valence-corrected chi connectivity index (χ1v) is 6.84. The first kappa shape index (κ1) is 15.1. The molecule has 1 atom stereocenters. The zero-order chi connectivity index (χ0) is 14.7. The van der Waals surface area contributed by atoms with Crippen LogP contribution in [0.3, 0.4) is 0 Å². The molecule has 6 heteroatoms. The molecule has 20 heavy (non-hydrogen) atoms. The van der Waals surface area contributed by atoms with Gasteiger partial charge >= 0.3 is 0 Å². The Hall–Kier alpha value is -1.30. The van der Waals surface area contributed by atoms with Crippen molar-refractivity contribution >= 4 is 5.69 Å². The van der Waals surface area contributed by atoms with Gasteiger partial charge in [0.25, 0.3) is 0 Å². The van der Waals surface area contributed by atoms with Gasteiger partial charge < -0.3 is 10.2 Å². The summed E-state index contributed by atoms with van der Waals surface area (Å²) in [5.41, 5.74) is -0.697. The van der Waals surface area contributed by atoms with E-state index in [4.69, 9.17) is 0 Å². The van der Waals surface area contributed by atoms with E-state index in [0.29, 0.717) is 12.8 Å². The number of anilines is 1. The highest BCUT2D eigenvalue weighted by atomic mass is 19.2. The molecule has 1 heterocycles. The molecule has 2 rings (SSSR count). The fraction of sp³-hybridized carbons (Fsp3) is 0.571. The Bertz CT molecular complexity index is 452. The van der Waals surface area contributed by atoms with Gasteiger partial charge in [-0.1, -0.05) is 6.92 Å². The monoisotopic (exact) mass is 290 g/mol. The number of halogens is 4. The maximum atomic E-state index is 13.6. The second-order valence-corrected chi connectivity index (χ2v) is 5.05. The fourth-order valence-electron chi connectivity index (χ4n) is 2.52. The van der Waals surface area contributed by atoms with E-state index in [-0.39, 0.29) is 12.1 Å². The summed E-state index contributed by atoms with van der Waals surface area (Å²) in [7, 11) is 0. The van der Waals surface area contributed by atoms with Gasteiger partial charge in [0, 0.05) is 18.7 Å². The Labute approximate surface area is 115 Å². The second-order valence-electron chi connectivity index (χ2n) is 5.05. The molecule has 1 aromatic carbocycles. The van der Waals surface area contributed by atoms with E-state index in [1.165, 1.54) is 0 Å². The fourth-order valence-corrected chi connectivity index (χ4v) is 2.52. The summed E-state index contributed by atoms with van der Waals surface area (Å²) in [6.07, 6.45) is 2.28. The Balaban J connectivity index is 2.14. The van der Waals surface area contributed by atoms with Gasteiger partial charge in [-0.3, -0.25) is 0 Å². The van der Waals surface area contributed by atoms with Crippen molar-refractivity contribution in [2.75, 3.05) is 25.0 Å². The van der Waals surface area contributed by atoms with Crippen molar-refractivity contribution in [1.82, 2.24) is 4.90 Å². The van der Waals surface area contributed by atoms with Crippen LogP contribution in [-0.4, -0.2) is 30.6 Å². The molecule has 1 aromatic rings. The number of nitrogens with zero attached hydrogens (tertiary/aromatic N) is 1. The molecule has 0 aliphatic carbocycles. The van der Waals surface area contributed by atoms with Crippen LogP contribution in [0.2, 0.25) is 0 Å². The lowest BCUT2D eigenvalue weighted by Gasteiger charge is -2.20. The maximum absolute atomic E-state index is 13.6. The van der Waals surface area contributed by atoms with Gasteiger partial charge in [0.1, 0.15) is 5.69 Å². The van der Waals surface area contributed by atoms with Gasteiger partial charge in [0.15, 0.2) is 23.3 Å². The molecule has 1 aliphatic rings. The summed E-state index contributed by atoms with van der Waals surface area (Å²) >= 11 is 0. The normalized spacial score (nSPS) is 20.8. The van der Waals surface area contributed by atoms with Crippen molar-refractivity contribution in [3.63, 3.8) is 0 Å². The molecule has 0 radical (unpaired) electrons. The number of nitrogens with one attached hydrogen (secondary N) is 1. The highest BCUT2D eigenvalue weighted by Gasteiger charge is 2.23. The Kier molecular flexibility index (Phi) is 4.86. The molecule has 0 bridgehead atoms. The topological polar surface area (TPSA) is 15.3 Å². The summed E-state index contributed by atoms with van der Waals surface area (Å²) in [6.45, 7) is 4.70. The maximum Gasteiger partial charge on any atom is 0.185 e. The smallest absolute Gasteiger partial charge is 0.185 e. The van der Waals surface area contributed by atoms with Gasteiger partial charge in [-0.15, -0.1) is 0 Å². The first-order valence-electron chi connectivity index (χ1n) is 6.84. The lowest BCUT2D eigenvalue weighted by molar-refractivity contribution is 0.300. The molecule has 0 saturated carbocycles. The van der Waals surface area contributed by atoms with E-state index in [0.717, 1.165) is 26.1 Å². The minimum Gasteiger partial charge on any atom is -0.377 e. The van der Waals surface area contributed by atoms with Crippen LogP contribution < -0.4 is 5.32 Å². The van der Waals surface area contributed by atoms with Crippen LogP contribution in [0.5, 0.6) is 0 Å². The lowest BCUT2D eigenvalue weighted by Crippen LogP contribution is -2.26. The first-order chi connectivity index (χ1) is 9.52. The standard InChI is InChI=1S/C14H18F4N2/c1-2-20-6-3-4-9(5-7-20)19-14-12(17)10(15)8-11(16)13(14)18/h8-9,19H,2-7H2,1H3. The lowest BCUT2D eigenvalue weighted by atomic mass is 10.1. The number of rotatable bonds is 3. The number of hydrogen-bond acceptors (Lipinski definition) is 2. The van der Waals surface area contributed by atoms with Crippen molar-refractivity contribution in [2.24, 2.45) is 0 Å². The van der Waals surface area contributed by atoms with E-state index in [1.807, 2.05) is 0 Å². The van der Waals surface area contributed by atoms with Crippen LogP contribution in [0.1, 0.15) is 26.2 Å². The highest BCUT2D eigenvalue weighted by Crippen LogP contribution is 2.26. The number of likely N-dealkylation sites (tertiary alicyclic amines) is 1. The minimum atomic E-state index is -1.38. The molecular formula is C14H18F4N2. The summed E-state index contributed by atoms with van der Waals surface area (Å²) in [5.74, 6) is -5.48. The van der Waals surface area contributed by atoms with Crippen LogP contribution >= 0.6 is 0 Å². The van der Waals surface area contributed by atoms with Crippen molar-refractivity contribution < 1.29 is 17.6 Å². The minimum absolute atomic E-state index is 0.184. The predicted molar refractivity (Wildman–Crippen MR) is 69.6 cm³/mol. The van der Waals surface area contributed by atoms with Crippen molar-refractivity contribution in [1.29, 1.82) is 0 Å². The van der Waals surface area contributed by atoms with Gasteiger partial charge in [0.05, 0.1) is 0 Å². The molecule has 2 nitrogen and oxygen atoms in total. The Morgan fingerprint density at radius 1 is 1.10 bits per heavy atom. The third-order valence-corrected chi connectivity index (χ3v) is 3.73. The third-order valence-electron chi connectivity index (χ3n) is 3.73. The van der Waals surface area contributed by atoms with Gasteiger partial charge in [-0.25, -0.2) is 17.6 Å². The third kappa shape index (κ3) is 3.23. The second kappa shape index (κ2) is 6.43. The van der Waals surface area contributed by atoms with E-state index >= 15 is 0 Å². The molecule has 1 saturated heterocycles. The van der Waals surface area contributed by atoms with Crippen molar-refractivity contribution in [3.05, 3.63) is 29.3 Å².